The van der Waals surface area contributed by atoms with Crippen molar-refractivity contribution in [1.82, 2.24) is 0 Å². The van der Waals surface area contributed by atoms with Crippen LogP contribution in [-0.4, -0.2) is 17.0 Å². The van der Waals surface area contributed by atoms with Crippen LogP contribution in [0.5, 0.6) is 0 Å². The number of amides is 1. The van der Waals surface area contributed by atoms with Gasteiger partial charge >= 0.3 is 5.97 Å². The second-order valence-electron chi connectivity index (χ2n) is 4.42. The van der Waals surface area contributed by atoms with Gasteiger partial charge in [0.25, 0.3) is 0 Å². The molecular formula is C14H11NO3S. The summed E-state index contributed by atoms with van der Waals surface area (Å²) in [6.45, 7) is 0. The zero-order chi connectivity index (χ0) is 13.4. The lowest BCUT2D eigenvalue weighted by molar-refractivity contribution is -0.116. The number of nitrogens with one attached hydrogen (secondary N) is 1. The Labute approximate surface area is 113 Å². The summed E-state index contributed by atoms with van der Waals surface area (Å²) in [5.74, 6) is -0.864. The molecule has 0 bridgehead atoms. The minimum atomic E-state index is -0.910. The maximum absolute atomic E-state index is 11.3. The number of thiophene rings is 1. The van der Waals surface area contributed by atoms with E-state index in [-0.39, 0.29) is 5.91 Å². The lowest BCUT2D eigenvalue weighted by atomic mass is 10.00. The fourth-order valence-electron chi connectivity index (χ4n) is 2.14. The lowest BCUT2D eigenvalue weighted by Gasteiger charge is -2.17. The van der Waals surface area contributed by atoms with E-state index in [4.69, 9.17) is 5.11 Å². The number of hydrogen-bond acceptors (Lipinski definition) is 3. The van der Waals surface area contributed by atoms with Gasteiger partial charge in [0.15, 0.2) is 0 Å². The summed E-state index contributed by atoms with van der Waals surface area (Å²) in [5.41, 5.74) is 3.26. The van der Waals surface area contributed by atoms with E-state index in [2.05, 4.69) is 5.32 Å². The Kier molecular flexibility index (Phi) is 2.83. The van der Waals surface area contributed by atoms with Crippen molar-refractivity contribution in [3.63, 3.8) is 0 Å². The highest BCUT2D eigenvalue weighted by Gasteiger charge is 2.16. The molecule has 0 spiro atoms. The molecule has 5 heteroatoms. The summed E-state index contributed by atoms with van der Waals surface area (Å²) in [4.78, 5) is 23.1. The van der Waals surface area contributed by atoms with Gasteiger partial charge in [-0.15, -0.1) is 11.3 Å². The molecule has 0 unspecified atom stereocenters. The van der Waals surface area contributed by atoms with Crippen LogP contribution in [-0.2, 0) is 11.2 Å². The number of aryl methyl sites for hydroxylation is 1. The van der Waals surface area contributed by atoms with Gasteiger partial charge in [-0.2, -0.15) is 0 Å². The van der Waals surface area contributed by atoms with Crippen LogP contribution in [0.4, 0.5) is 5.69 Å². The van der Waals surface area contributed by atoms with Gasteiger partial charge in [-0.1, -0.05) is 6.07 Å². The molecule has 0 saturated carbocycles. The number of benzene rings is 1. The van der Waals surface area contributed by atoms with Crippen LogP contribution < -0.4 is 5.32 Å². The number of carboxylic acids is 1. The van der Waals surface area contributed by atoms with Gasteiger partial charge in [-0.25, -0.2) is 4.79 Å². The SMILES string of the molecule is O=C1CCc2cc(-c3cc(C(=O)O)cs3)ccc2N1. The molecule has 4 nitrogen and oxygen atoms in total. The van der Waals surface area contributed by atoms with Crippen molar-refractivity contribution in [2.75, 3.05) is 5.32 Å². The Morgan fingerprint density at radius 2 is 2.11 bits per heavy atom. The summed E-state index contributed by atoms with van der Waals surface area (Å²) >= 11 is 1.41. The van der Waals surface area contributed by atoms with E-state index in [0.29, 0.717) is 12.0 Å². The topological polar surface area (TPSA) is 66.4 Å². The van der Waals surface area contributed by atoms with Crippen LogP contribution in [0.2, 0.25) is 0 Å². The maximum Gasteiger partial charge on any atom is 0.336 e. The van der Waals surface area contributed by atoms with Crippen LogP contribution in [0, 0.1) is 0 Å². The monoisotopic (exact) mass is 273 g/mol. The van der Waals surface area contributed by atoms with Gasteiger partial charge in [0.2, 0.25) is 5.91 Å². The predicted molar refractivity (Wildman–Crippen MR) is 73.7 cm³/mol. The Morgan fingerprint density at radius 3 is 2.84 bits per heavy atom. The van der Waals surface area contributed by atoms with E-state index in [1.807, 2.05) is 18.2 Å². The van der Waals surface area contributed by atoms with Crippen LogP contribution in [0.3, 0.4) is 0 Å². The molecule has 0 radical (unpaired) electrons. The number of carboxylic acid groups (broad SMARTS) is 1. The Bertz CT molecular complexity index is 675. The largest absolute Gasteiger partial charge is 0.478 e. The minimum absolute atomic E-state index is 0.0459. The molecule has 19 heavy (non-hydrogen) atoms. The third kappa shape index (κ3) is 2.24. The standard InChI is InChI=1S/C14H11NO3S/c16-13-4-2-8-5-9(1-3-11(8)15-13)12-6-10(7-19-12)14(17)18/h1,3,5-7H,2,4H2,(H,15,16)(H,17,18). The molecule has 0 saturated heterocycles. The Hall–Kier alpha value is -2.14. The first kappa shape index (κ1) is 11.9. The molecule has 2 N–H and O–H groups in total. The quantitative estimate of drug-likeness (QED) is 0.884. The van der Waals surface area contributed by atoms with Crippen LogP contribution in [0.1, 0.15) is 22.3 Å². The molecule has 0 aliphatic carbocycles. The fraction of sp³-hybridized carbons (Fsp3) is 0.143. The van der Waals surface area contributed by atoms with Crippen LogP contribution in [0.25, 0.3) is 10.4 Å². The van der Waals surface area contributed by atoms with E-state index in [9.17, 15) is 9.59 Å². The number of anilines is 1. The molecule has 1 aromatic carbocycles. The fourth-order valence-corrected chi connectivity index (χ4v) is 3.02. The molecule has 96 valence electrons. The summed E-state index contributed by atoms with van der Waals surface area (Å²) in [6.07, 6.45) is 1.23. The van der Waals surface area contributed by atoms with E-state index in [0.717, 1.165) is 28.1 Å². The second-order valence-corrected chi connectivity index (χ2v) is 5.34. The third-order valence-corrected chi connectivity index (χ3v) is 4.11. The average Bonchev–Trinajstić information content (AvgIpc) is 2.88. The number of hydrogen-bond donors (Lipinski definition) is 2. The van der Waals surface area contributed by atoms with Crippen LogP contribution >= 0.6 is 11.3 Å². The molecule has 1 aliphatic heterocycles. The Morgan fingerprint density at radius 1 is 1.26 bits per heavy atom. The van der Waals surface area contributed by atoms with Crippen molar-refractivity contribution in [2.45, 2.75) is 12.8 Å². The van der Waals surface area contributed by atoms with Gasteiger partial charge in [0.05, 0.1) is 5.56 Å². The normalized spacial score (nSPS) is 13.8. The van der Waals surface area contributed by atoms with Gasteiger partial charge in [0.1, 0.15) is 0 Å². The van der Waals surface area contributed by atoms with Gasteiger partial charge in [-0.05, 0) is 35.7 Å². The molecule has 0 fully saturated rings. The van der Waals surface area contributed by atoms with Gasteiger partial charge < -0.3 is 10.4 Å². The maximum atomic E-state index is 11.3. The Balaban J connectivity index is 1.97. The summed E-state index contributed by atoms with van der Waals surface area (Å²) < 4.78 is 0. The predicted octanol–water partition coefficient (Wildman–Crippen LogP) is 3.00. The first-order valence-electron chi connectivity index (χ1n) is 5.88. The number of carbonyl (C=O) groups is 2. The van der Waals surface area contributed by atoms with Crippen molar-refractivity contribution < 1.29 is 14.7 Å². The first-order chi connectivity index (χ1) is 9.13. The zero-order valence-corrected chi connectivity index (χ0v) is 10.8. The van der Waals surface area contributed by atoms with E-state index >= 15 is 0 Å². The summed E-state index contributed by atoms with van der Waals surface area (Å²) in [7, 11) is 0. The van der Waals surface area contributed by atoms with Crippen molar-refractivity contribution >= 4 is 28.9 Å². The molecule has 1 aliphatic rings. The highest BCUT2D eigenvalue weighted by atomic mass is 32.1. The van der Waals surface area contributed by atoms with Gasteiger partial charge in [-0.3, -0.25) is 4.79 Å². The van der Waals surface area contributed by atoms with Crippen molar-refractivity contribution in [3.8, 4) is 10.4 Å². The molecule has 2 heterocycles. The molecule has 0 atom stereocenters. The third-order valence-electron chi connectivity index (χ3n) is 3.13. The number of rotatable bonds is 2. The number of aromatic carboxylic acids is 1. The van der Waals surface area contributed by atoms with E-state index in [1.165, 1.54) is 11.3 Å². The van der Waals surface area contributed by atoms with Crippen molar-refractivity contribution in [1.29, 1.82) is 0 Å². The van der Waals surface area contributed by atoms with Crippen LogP contribution in [0.15, 0.2) is 29.6 Å². The summed E-state index contributed by atoms with van der Waals surface area (Å²) in [5, 5.41) is 13.4. The van der Waals surface area contributed by atoms with Gasteiger partial charge in [0, 0.05) is 22.4 Å². The first-order valence-corrected chi connectivity index (χ1v) is 6.76. The molecule has 2 aromatic rings. The summed E-state index contributed by atoms with van der Waals surface area (Å²) in [6, 6.07) is 7.48. The minimum Gasteiger partial charge on any atom is -0.478 e. The lowest BCUT2D eigenvalue weighted by Crippen LogP contribution is -2.18. The molecule has 1 aromatic heterocycles. The van der Waals surface area contributed by atoms with E-state index < -0.39 is 5.97 Å². The molecule has 3 rings (SSSR count). The number of carbonyl (C=O) groups excluding carboxylic acids is 1. The number of fused-ring (bicyclic) bond motifs is 1. The highest BCUT2D eigenvalue weighted by molar-refractivity contribution is 7.13. The molecular weight excluding hydrogens is 262 g/mol. The zero-order valence-electron chi connectivity index (χ0n) is 9.97. The smallest absolute Gasteiger partial charge is 0.336 e. The van der Waals surface area contributed by atoms with E-state index in [1.54, 1.807) is 11.4 Å². The van der Waals surface area contributed by atoms with Crippen molar-refractivity contribution in [3.05, 3.63) is 40.8 Å². The molecule has 1 amide bonds. The average molecular weight is 273 g/mol. The van der Waals surface area contributed by atoms with Crippen molar-refractivity contribution in [2.24, 2.45) is 0 Å². The second kappa shape index (κ2) is 4.51. The highest BCUT2D eigenvalue weighted by Crippen LogP contribution is 2.32.